The van der Waals surface area contributed by atoms with Crippen LogP contribution in [0.5, 0.6) is 5.75 Å². The van der Waals surface area contributed by atoms with Gasteiger partial charge in [0.05, 0.1) is 5.69 Å². The molecule has 0 bridgehead atoms. The third-order valence-electron chi connectivity index (χ3n) is 5.84. The van der Waals surface area contributed by atoms with Crippen LogP contribution in [0.3, 0.4) is 0 Å². The van der Waals surface area contributed by atoms with Crippen molar-refractivity contribution >= 4 is 44.8 Å². The molecule has 3 N–H and O–H groups in total. The fourth-order valence-electron chi connectivity index (χ4n) is 4.75. The Hall–Kier alpha value is -1.90. The molecule has 1 fully saturated rings. The summed E-state index contributed by atoms with van der Waals surface area (Å²) in [5.41, 5.74) is 5.71. The molecule has 1 heterocycles. The Labute approximate surface area is 193 Å². The SMILES string of the molecule is CC(C)N1c2c(Br)cc(C(=O)Nc3ccc(OC(F)(F)Cl)cc3)cc2C2CC(N)CC21. The van der Waals surface area contributed by atoms with Crippen molar-refractivity contribution in [2.45, 2.75) is 56.3 Å². The summed E-state index contributed by atoms with van der Waals surface area (Å²) in [6.07, 6.45) is 1.83. The van der Waals surface area contributed by atoms with Gasteiger partial charge in [0.15, 0.2) is 0 Å². The van der Waals surface area contributed by atoms with Gasteiger partial charge in [-0.3, -0.25) is 4.79 Å². The van der Waals surface area contributed by atoms with Gasteiger partial charge in [0.2, 0.25) is 0 Å². The van der Waals surface area contributed by atoms with Crippen molar-refractivity contribution in [2.24, 2.45) is 5.73 Å². The fraction of sp³-hybridized carbons (Fsp3) is 0.409. The minimum absolute atomic E-state index is 0.101. The van der Waals surface area contributed by atoms with Gasteiger partial charge in [-0.1, -0.05) is 0 Å². The van der Waals surface area contributed by atoms with Crippen LogP contribution in [0.2, 0.25) is 0 Å². The number of nitrogens with one attached hydrogen (secondary N) is 1. The van der Waals surface area contributed by atoms with Crippen LogP contribution in [0.1, 0.15) is 48.5 Å². The standard InChI is InChI=1S/C22H23BrClF2N3O2/c1-11(2)29-19-10-13(27)9-16(19)17-7-12(8-18(23)20(17)29)21(30)28-14-3-5-15(6-4-14)31-22(24,25)26/h3-8,11,13,16,19H,9-10,27H2,1-2H3,(H,28,30). The molecule has 0 spiro atoms. The molecule has 1 aliphatic heterocycles. The molecule has 166 valence electrons. The quantitative estimate of drug-likeness (QED) is 0.505. The number of carbonyl (C=O) groups is 1. The third-order valence-corrected chi connectivity index (χ3v) is 6.52. The smallest absolute Gasteiger partial charge is 0.420 e. The molecular formula is C22H23BrClF2N3O2. The summed E-state index contributed by atoms with van der Waals surface area (Å²) in [5, 5.41) is 2.79. The zero-order valence-electron chi connectivity index (χ0n) is 17.0. The van der Waals surface area contributed by atoms with Crippen molar-refractivity contribution in [2.75, 3.05) is 10.2 Å². The van der Waals surface area contributed by atoms with Gasteiger partial charge in [0.25, 0.3) is 5.91 Å². The molecule has 1 amide bonds. The summed E-state index contributed by atoms with van der Waals surface area (Å²) in [4.78, 5) is 15.3. The Morgan fingerprint density at radius 3 is 2.58 bits per heavy atom. The van der Waals surface area contributed by atoms with Gasteiger partial charge in [-0.05, 0) is 84.6 Å². The van der Waals surface area contributed by atoms with E-state index in [1.807, 2.05) is 12.1 Å². The first-order chi connectivity index (χ1) is 14.5. The van der Waals surface area contributed by atoms with Crippen LogP contribution in [0.25, 0.3) is 0 Å². The van der Waals surface area contributed by atoms with Crippen molar-refractivity contribution < 1.29 is 18.3 Å². The molecule has 0 aromatic heterocycles. The second kappa shape index (κ2) is 8.22. The molecule has 3 unspecified atom stereocenters. The summed E-state index contributed by atoms with van der Waals surface area (Å²) in [6.45, 7) is 4.33. The number of nitrogens with two attached hydrogens (primary N) is 1. The molecule has 3 atom stereocenters. The minimum atomic E-state index is -3.79. The Balaban J connectivity index is 1.57. The number of benzene rings is 2. The van der Waals surface area contributed by atoms with Gasteiger partial charge in [0.1, 0.15) is 5.75 Å². The van der Waals surface area contributed by atoms with E-state index in [0.717, 1.165) is 28.6 Å². The number of rotatable bonds is 5. The van der Waals surface area contributed by atoms with Crippen molar-refractivity contribution in [3.63, 3.8) is 0 Å². The number of hydrogen-bond donors (Lipinski definition) is 2. The lowest BCUT2D eigenvalue weighted by atomic mass is 9.95. The second-order valence-electron chi connectivity index (χ2n) is 8.33. The number of alkyl halides is 3. The van der Waals surface area contributed by atoms with Crippen LogP contribution in [0, 0.1) is 0 Å². The van der Waals surface area contributed by atoms with E-state index in [9.17, 15) is 13.6 Å². The van der Waals surface area contributed by atoms with Gasteiger partial charge in [-0.25, -0.2) is 0 Å². The van der Waals surface area contributed by atoms with Gasteiger partial charge >= 0.3 is 5.57 Å². The maximum atomic E-state index is 12.9. The largest absolute Gasteiger partial charge is 0.487 e. The first-order valence-electron chi connectivity index (χ1n) is 10.1. The lowest BCUT2D eigenvalue weighted by Gasteiger charge is -2.32. The summed E-state index contributed by atoms with van der Waals surface area (Å²) in [5.74, 6) is -0.0950. The molecule has 1 saturated carbocycles. The van der Waals surface area contributed by atoms with Gasteiger partial charge in [-0.2, -0.15) is 0 Å². The molecule has 0 radical (unpaired) electrons. The monoisotopic (exact) mass is 513 g/mol. The van der Waals surface area contributed by atoms with E-state index in [2.05, 4.69) is 44.7 Å². The Morgan fingerprint density at radius 2 is 1.97 bits per heavy atom. The highest BCUT2D eigenvalue weighted by Gasteiger charge is 2.46. The second-order valence-corrected chi connectivity index (χ2v) is 9.62. The molecular weight excluding hydrogens is 492 g/mol. The Bertz CT molecular complexity index is 997. The van der Waals surface area contributed by atoms with E-state index >= 15 is 0 Å². The highest BCUT2D eigenvalue weighted by atomic mass is 79.9. The summed E-state index contributed by atoms with van der Waals surface area (Å²) < 4.78 is 30.6. The first-order valence-corrected chi connectivity index (χ1v) is 11.2. The molecule has 2 aromatic carbocycles. The fourth-order valence-corrected chi connectivity index (χ4v) is 5.52. The number of hydrogen-bond acceptors (Lipinski definition) is 4. The van der Waals surface area contributed by atoms with Crippen LogP contribution < -0.4 is 20.7 Å². The van der Waals surface area contributed by atoms with Crippen LogP contribution in [0.15, 0.2) is 40.9 Å². The topological polar surface area (TPSA) is 67.6 Å². The molecule has 2 aromatic rings. The molecule has 2 aliphatic rings. The molecule has 1 aliphatic carbocycles. The molecule has 0 saturated heterocycles. The summed E-state index contributed by atoms with van der Waals surface area (Å²) in [7, 11) is 0. The number of fused-ring (bicyclic) bond motifs is 3. The highest BCUT2D eigenvalue weighted by molar-refractivity contribution is 9.10. The number of ether oxygens (including phenoxy) is 1. The minimum Gasteiger partial charge on any atom is -0.420 e. The predicted molar refractivity (Wildman–Crippen MR) is 121 cm³/mol. The zero-order valence-corrected chi connectivity index (χ0v) is 19.4. The van der Waals surface area contributed by atoms with Crippen LogP contribution in [-0.4, -0.2) is 29.6 Å². The van der Waals surface area contributed by atoms with Crippen molar-refractivity contribution in [1.29, 1.82) is 0 Å². The number of anilines is 2. The van der Waals surface area contributed by atoms with Crippen molar-refractivity contribution in [3.8, 4) is 5.75 Å². The van der Waals surface area contributed by atoms with Gasteiger partial charge in [-0.15, -0.1) is 8.78 Å². The maximum Gasteiger partial charge on any atom is 0.487 e. The van der Waals surface area contributed by atoms with E-state index in [1.54, 1.807) is 0 Å². The zero-order chi connectivity index (χ0) is 22.5. The molecule has 4 rings (SSSR count). The van der Waals surface area contributed by atoms with E-state index in [-0.39, 0.29) is 17.7 Å². The predicted octanol–water partition coefficient (Wildman–Crippen LogP) is 5.67. The van der Waals surface area contributed by atoms with Gasteiger partial charge in [0, 0.05) is 51.4 Å². The highest BCUT2D eigenvalue weighted by Crippen LogP contribution is 2.52. The first kappa shape index (κ1) is 22.3. The average molecular weight is 515 g/mol. The molecule has 5 nitrogen and oxygen atoms in total. The van der Waals surface area contributed by atoms with E-state index in [1.165, 1.54) is 24.3 Å². The third kappa shape index (κ3) is 4.52. The van der Waals surface area contributed by atoms with Crippen LogP contribution in [-0.2, 0) is 0 Å². The Morgan fingerprint density at radius 1 is 1.29 bits per heavy atom. The lowest BCUT2D eigenvalue weighted by Crippen LogP contribution is -2.38. The average Bonchev–Trinajstić information content (AvgIpc) is 3.17. The number of carbonyl (C=O) groups excluding carboxylic acids is 1. The van der Waals surface area contributed by atoms with Crippen molar-refractivity contribution in [1.82, 2.24) is 0 Å². The Kier molecular flexibility index (Phi) is 5.91. The molecule has 31 heavy (non-hydrogen) atoms. The summed E-state index contributed by atoms with van der Waals surface area (Å²) in [6, 6.07) is 10.2. The normalized spacial score (nSPS) is 22.5. The van der Waals surface area contributed by atoms with E-state index in [0.29, 0.717) is 29.3 Å². The van der Waals surface area contributed by atoms with E-state index < -0.39 is 5.57 Å². The number of amides is 1. The van der Waals surface area contributed by atoms with Crippen LogP contribution >= 0.6 is 27.5 Å². The van der Waals surface area contributed by atoms with Gasteiger partial charge < -0.3 is 20.7 Å². The van der Waals surface area contributed by atoms with E-state index in [4.69, 9.17) is 17.3 Å². The maximum absolute atomic E-state index is 12.9. The lowest BCUT2D eigenvalue weighted by molar-refractivity contribution is -0.0964. The summed E-state index contributed by atoms with van der Waals surface area (Å²) >= 11 is 8.44. The molecule has 9 heteroatoms. The van der Waals surface area contributed by atoms with Crippen molar-refractivity contribution in [3.05, 3.63) is 52.0 Å². The number of nitrogens with zero attached hydrogens (tertiary/aromatic N) is 1. The number of halogens is 4. The van der Waals surface area contributed by atoms with Crippen LogP contribution in [0.4, 0.5) is 20.2 Å².